The van der Waals surface area contributed by atoms with Crippen molar-refractivity contribution >= 4 is 0 Å². The van der Waals surface area contributed by atoms with E-state index in [1.165, 1.54) is 82.6 Å². The highest BCUT2D eigenvalue weighted by molar-refractivity contribution is 5.46. The number of unbranched alkanes of at least 4 members (excludes halogenated alkanes) is 6. The van der Waals surface area contributed by atoms with Crippen LogP contribution in [0, 0.1) is 29.6 Å². The number of hydrogen-bond acceptors (Lipinski definition) is 0. The lowest BCUT2D eigenvalue weighted by atomic mass is 9.77. The van der Waals surface area contributed by atoms with Crippen LogP contribution >= 0.6 is 0 Å². The van der Waals surface area contributed by atoms with Crippen molar-refractivity contribution in [2.24, 2.45) is 5.92 Å². The highest BCUT2D eigenvalue weighted by atomic mass is 14.3. The zero-order valence-electron chi connectivity index (χ0n) is 21.0. The zero-order chi connectivity index (χ0) is 23.1. The van der Waals surface area contributed by atoms with Crippen molar-refractivity contribution in [1.82, 2.24) is 0 Å². The molecule has 1 aliphatic rings. The molecular weight excluding hydrogens is 396 g/mol. The maximum Gasteiger partial charge on any atom is 0.0249 e. The molecule has 0 aliphatic heterocycles. The van der Waals surface area contributed by atoms with Gasteiger partial charge in [-0.05, 0) is 85.9 Å². The number of rotatable bonds is 9. The average Bonchev–Trinajstić information content (AvgIpc) is 2.87. The second kappa shape index (κ2) is 14.7. The SMILES string of the molecule is CCCCCC#Cc1ccc(C#Cc2ccc(C3CCC(CCCCCC)CC3)cc2)cc1. The Bertz CT molecular complexity index is 916. The van der Waals surface area contributed by atoms with Crippen LogP contribution in [0.3, 0.4) is 0 Å². The van der Waals surface area contributed by atoms with Gasteiger partial charge in [0.1, 0.15) is 0 Å². The Labute approximate surface area is 203 Å². The van der Waals surface area contributed by atoms with E-state index in [2.05, 4.69) is 86.1 Å². The van der Waals surface area contributed by atoms with Crippen LogP contribution in [0.5, 0.6) is 0 Å². The molecule has 3 rings (SSSR count). The Morgan fingerprint density at radius 2 is 1.15 bits per heavy atom. The third-order valence-electron chi connectivity index (χ3n) is 7.07. The molecule has 0 heterocycles. The van der Waals surface area contributed by atoms with Gasteiger partial charge in [-0.15, -0.1) is 0 Å². The topological polar surface area (TPSA) is 0 Å². The lowest BCUT2D eigenvalue weighted by Crippen LogP contribution is -2.13. The fourth-order valence-electron chi connectivity index (χ4n) is 4.89. The molecule has 2 aromatic rings. The summed E-state index contributed by atoms with van der Waals surface area (Å²) in [6.45, 7) is 4.52. The van der Waals surface area contributed by atoms with Crippen molar-refractivity contribution in [2.75, 3.05) is 0 Å². The first-order valence-corrected chi connectivity index (χ1v) is 13.5. The molecule has 0 N–H and O–H groups in total. The van der Waals surface area contributed by atoms with E-state index >= 15 is 0 Å². The fraction of sp³-hybridized carbons (Fsp3) is 0.515. The van der Waals surface area contributed by atoms with Gasteiger partial charge >= 0.3 is 0 Å². The predicted molar refractivity (Wildman–Crippen MR) is 143 cm³/mol. The zero-order valence-corrected chi connectivity index (χ0v) is 21.0. The first kappa shape index (κ1) is 25.2. The second-order valence-corrected chi connectivity index (χ2v) is 9.78. The predicted octanol–water partition coefficient (Wildman–Crippen LogP) is 9.26. The van der Waals surface area contributed by atoms with Gasteiger partial charge < -0.3 is 0 Å². The molecule has 174 valence electrons. The molecule has 0 atom stereocenters. The molecule has 0 heteroatoms. The van der Waals surface area contributed by atoms with Crippen molar-refractivity contribution in [1.29, 1.82) is 0 Å². The summed E-state index contributed by atoms with van der Waals surface area (Å²) in [5, 5.41) is 0. The van der Waals surface area contributed by atoms with Gasteiger partial charge in [-0.1, -0.05) is 94.6 Å². The van der Waals surface area contributed by atoms with Crippen LogP contribution in [0.1, 0.15) is 125 Å². The molecule has 1 saturated carbocycles. The first-order chi connectivity index (χ1) is 16.3. The summed E-state index contributed by atoms with van der Waals surface area (Å²) in [6, 6.07) is 17.4. The minimum absolute atomic E-state index is 0.745. The van der Waals surface area contributed by atoms with E-state index in [1.807, 2.05) is 0 Å². The standard InChI is InChI=1S/C33H42/c1-3-5-7-9-11-13-28-14-16-30(17-15-28)18-19-31-22-26-33(27-23-31)32-24-20-29(21-25-32)12-10-8-6-4-2/h14-17,22-23,26-27,29,32H,3-10,12,20-21,24-25H2,1-2H3. The fourth-order valence-corrected chi connectivity index (χ4v) is 4.89. The quantitative estimate of drug-likeness (QED) is 0.270. The molecule has 0 amide bonds. The van der Waals surface area contributed by atoms with Crippen molar-refractivity contribution in [3.63, 3.8) is 0 Å². The minimum Gasteiger partial charge on any atom is -0.0979 e. The molecule has 33 heavy (non-hydrogen) atoms. The molecule has 0 radical (unpaired) electrons. The van der Waals surface area contributed by atoms with Gasteiger partial charge in [0.15, 0.2) is 0 Å². The summed E-state index contributed by atoms with van der Waals surface area (Å²) < 4.78 is 0. The highest BCUT2D eigenvalue weighted by Gasteiger charge is 2.21. The molecule has 0 nitrogen and oxygen atoms in total. The Hall–Kier alpha value is -2.44. The van der Waals surface area contributed by atoms with Crippen molar-refractivity contribution in [3.8, 4) is 23.7 Å². The highest BCUT2D eigenvalue weighted by Crippen LogP contribution is 2.37. The Balaban J connectivity index is 1.46. The molecule has 0 spiro atoms. The normalized spacial score (nSPS) is 17.5. The molecule has 1 aliphatic carbocycles. The maximum atomic E-state index is 3.33. The summed E-state index contributed by atoms with van der Waals surface area (Å²) >= 11 is 0. The van der Waals surface area contributed by atoms with Crippen LogP contribution in [-0.2, 0) is 0 Å². The van der Waals surface area contributed by atoms with E-state index in [0.717, 1.165) is 34.9 Å². The molecule has 0 bridgehead atoms. The van der Waals surface area contributed by atoms with Gasteiger partial charge in [-0.3, -0.25) is 0 Å². The van der Waals surface area contributed by atoms with Crippen LogP contribution in [0.4, 0.5) is 0 Å². The molecular formula is C33H42. The lowest BCUT2D eigenvalue weighted by Gasteiger charge is -2.29. The van der Waals surface area contributed by atoms with E-state index in [1.54, 1.807) is 0 Å². The second-order valence-electron chi connectivity index (χ2n) is 9.78. The molecule has 0 aromatic heterocycles. The first-order valence-electron chi connectivity index (χ1n) is 13.5. The largest absolute Gasteiger partial charge is 0.0979 e. The van der Waals surface area contributed by atoms with Gasteiger partial charge in [0.2, 0.25) is 0 Å². The monoisotopic (exact) mass is 438 g/mol. The third kappa shape index (κ3) is 9.14. The van der Waals surface area contributed by atoms with Gasteiger partial charge in [-0.25, -0.2) is 0 Å². The van der Waals surface area contributed by atoms with E-state index in [0.29, 0.717) is 0 Å². The van der Waals surface area contributed by atoms with Crippen LogP contribution in [0.25, 0.3) is 0 Å². The van der Waals surface area contributed by atoms with Crippen molar-refractivity contribution in [3.05, 3.63) is 70.8 Å². The smallest absolute Gasteiger partial charge is 0.0249 e. The number of hydrogen-bond donors (Lipinski definition) is 0. The van der Waals surface area contributed by atoms with Crippen LogP contribution < -0.4 is 0 Å². The minimum atomic E-state index is 0.745. The van der Waals surface area contributed by atoms with Crippen LogP contribution in [-0.4, -0.2) is 0 Å². The summed E-state index contributed by atoms with van der Waals surface area (Å²) in [5.41, 5.74) is 4.74. The van der Waals surface area contributed by atoms with Crippen molar-refractivity contribution in [2.45, 2.75) is 103 Å². The van der Waals surface area contributed by atoms with E-state index < -0.39 is 0 Å². The lowest BCUT2D eigenvalue weighted by molar-refractivity contribution is 0.302. The van der Waals surface area contributed by atoms with Crippen molar-refractivity contribution < 1.29 is 0 Å². The molecule has 0 unspecified atom stereocenters. The van der Waals surface area contributed by atoms with Gasteiger partial charge in [0.05, 0.1) is 0 Å². The number of benzene rings is 2. The van der Waals surface area contributed by atoms with Crippen LogP contribution in [0.2, 0.25) is 0 Å². The summed E-state index contributed by atoms with van der Waals surface area (Å²) in [7, 11) is 0. The van der Waals surface area contributed by atoms with E-state index in [-0.39, 0.29) is 0 Å². The Morgan fingerprint density at radius 3 is 1.76 bits per heavy atom. The maximum absolute atomic E-state index is 3.33. The molecule has 0 saturated heterocycles. The Morgan fingerprint density at radius 1 is 0.606 bits per heavy atom. The molecule has 2 aromatic carbocycles. The third-order valence-corrected chi connectivity index (χ3v) is 7.07. The summed E-state index contributed by atoms with van der Waals surface area (Å²) in [4.78, 5) is 0. The van der Waals surface area contributed by atoms with Gasteiger partial charge in [0.25, 0.3) is 0 Å². The summed E-state index contributed by atoms with van der Waals surface area (Å²) in [5.74, 6) is 14.9. The Kier molecular flexibility index (Phi) is 11.2. The molecule has 1 fully saturated rings. The van der Waals surface area contributed by atoms with Gasteiger partial charge in [-0.2, -0.15) is 0 Å². The summed E-state index contributed by atoms with van der Waals surface area (Å²) in [6.07, 6.45) is 17.3. The van der Waals surface area contributed by atoms with Crippen LogP contribution in [0.15, 0.2) is 48.5 Å². The van der Waals surface area contributed by atoms with E-state index in [4.69, 9.17) is 0 Å². The van der Waals surface area contributed by atoms with E-state index in [9.17, 15) is 0 Å². The van der Waals surface area contributed by atoms with Gasteiger partial charge in [0, 0.05) is 23.1 Å². The average molecular weight is 439 g/mol.